The SMILES string of the molecule is N#CCc1nc2ccccc2n1-c1ccn2nccc2n1. The van der Waals surface area contributed by atoms with E-state index in [-0.39, 0.29) is 6.42 Å². The summed E-state index contributed by atoms with van der Waals surface area (Å²) in [5.74, 6) is 1.43. The maximum absolute atomic E-state index is 9.02. The Morgan fingerprint density at radius 3 is 2.90 bits per heavy atom. The fourth-order valence-electron chi connectivity index (χ4n) is 2.45. The molecule has 0 radical (unpaired) electrons. The van der Waals surface area contributed by atoms with Crippen LogP contribution in [-0.2, 0) is 6.42 Å². The highest BCUT2D eigenvalue weighted by atomic mass is 15.3. The Kier molecular flexibility index (Phi) is 2.44. The van der Waals surface area contributed by atoms with Crippen molar-refractivity contribution in [2.24, 2.45) is 0 Å². The fraction of sp³-hybridized carbons (Fsp3) is 0.0667. The molecule has 0 unspecified atom stereocenters. The summed E-state index contributed by atoms with van der Waals surface area (Å²) in [4.78, 5) is 9.11. The molecule has 0 fully saturated rings. The van der Waals surface area contributed by atoms with E-state index in [2.05, 4.69) is 21.1 Å². The molecule has 0 saturated heterocycles. The van der Waals surface area contributed by atoms with Gasteiger partial charge in [-0.25, -0.2) is 14.5 Å². The maximum Gasteiger partial charge on any atom is 0.157 e. The minimum Gasteiger partial charge on any atom is -0.279 e. The molecule has 1 aromatic carbocycles. The number of hydrogen-bond donors (Lipinski definition) is 0. The van der Waals surface area contributed by atoms with Gasteiger partial charge in [-0.1, -0.05) is 12.1 Å². The number of nitriles is 1. The third-order valence-electron chi connectivity index (χ3n) is 3.34. The maximum atomic E-state index is 9.02. The second kappa shape index (κ2) is 4.42. The molecule has 6 nitrogen and oxygen atoms in total. The van der Waals surface area contributed by atoms with Gasteiger partial charge in [-0.3, -0.25) is 4.57 Å². The van der Waals surface area contributed by atoms with Crippen molar-refractivity contribution in [2.75, 3.05) is 0 Å². The molecule has 21 heavy (non-hydrogen) atoms. The van der Waals surface area contributed by atoms with Crippen molar-refractivity contribution < 1.29 is 0 Å². The summed E-state index contributed by atoms with van der Waals surface area (Å²) in [6.45, 7) is 0. The van der Waals surface area contributed by atoms with Crippen LogP contribution in [0.4, 0.5) is 0 Å². The molecule has 0 N–H and O–H groups in total. The van der Waals surface area contributed by atoms with Crippen molar-refractivity contribution in [3.05, 3.63) is 54.6 Å². The zero-order chi connectivity index (χ0) is 14.2. The average molecular weight is 274 g/mol. The van der Waals surface area contributed by atoms with Gasteiger partial charge in [-0.05, 0) is 18.2 Å². The number of hydrogen-bond acceptors (Lipinski definition) is 4. The lowest BCUT2D eigenvalue weighted by Crippen LogP contribution is -2.04. The summed E-state index contributed by atoms with van der Waals surface area (Å²) in [6.07, 6.45) is 3.79. The lowest BCUT2D eigenvalue weighted by Gasteiger charge is -2.06. The molecule has 3 heterocycles. The van der Waals surface area contributed by atoms with Crippen molar-refractivity contribution in [3.8, 4) is 11.9 Å². The van der Waals surface area contributed by atoms with Crippen LogP contribution >= 0.6 is 0 Å². The second-order valence-electron chi connectivity index (χ2n) is 4.61. The van der Waals surface area contributed by atoms with Gasteiger partial charge in [0.1, 0.15) is 11.6 Å². The van der Waals surface area contributed by atoms with E-state index in [1.54, 1.807) is 10.7 Å². The molecule has 100 valence electrons. The van der Waals surface area contributed by atoms with Gasteiger partial charge >= 0.3 is 0 Å². The Hall–Kier alpha value is -3.20. The fourth-order valence-corrected chi connectivity index (χ4v) is 2.45. The molecule has 0 aliphatic carbocycles. The largest absolute Gasteiger partial charge is 0.279 e. The van der Waals surface area contributed by atoms with Crippen molar-refractivity contribution in [1.29, 1.82) is 5.26 Å². The third-order valence-corrected chi connectivity index (χ3v) is 3.34. The first-order valence-corrected chi connectivity index (χ1v) is 6.51. The van der Waals surface area contributed by atoms with Crippen LogP contribution in [0.25, 0.3) is 22.5 Å². The third kappa shape index (κ3) is 1.75. The quantitative estimate of drug-likeness (QED) is 0.561. The highest BCUT2D eigenvalue weighted by Crippen LogP contribution is 2.20. The van der Waals surface area contributed by atoms with E-state index in [1.165, 1.54) is 0 Å². The first-order valence-electron chi connectivity index (χ1n) is 6.51. The molecular weight excluding hydrogens is 264 g/mol. The van der Waals surface area contributed by atoms with E-state index in [0.717, 1.165) is 22.5 Å². The van der Waals surface area contributed by atoms with E-state index < -0.39 is 0 Å². The standard InChI is InChI=1S/C15H10N6/c16-8-5-14-18-11-3-1-2-4-12(11)21(14)15-7-10-20-13(19-15)6-9-17-20/h1-4,6-7,9-10H,5H2. The van der Waals surface area contributed by atoms with Crippen LogP contribution in [0, 0.1) is 11.3 Å². The molecular formula is C15H10N6. The van der Waals surface area contributed by atoms with E-state index in [1.807, 2.05) is 47.2 Å². The number of benzene rings is 1. The smallest absolute Gasteiger partial charge is 0.157 e. The van der Waals surface area contributed by atoms with Gasteiger partial charge in [0.05, 0.1) is 29.7 Å². The highest BCUT2D eigenvalue weighted by Gasteiger charge is 2.13. The van der Waals surface area contributed by atoms with Crippen LogP contribution in [0.2, 0.25) is 0 Å². The molecule has 0 spiro atoms. The number of fused-ring (bicyclic) bond motifs is 2. The van der Waals surface area contributed by atoms with E-state index in [0.29, 0.717) is 5.82 Å². The van der Waals surface area contributed by atoms with Gasteiger partial charge in [0.2, 0.25) is 0 Å². The van der Waals surface area contributed by atoms with Crippen LogP contribution in [0.3, 0.4) is 0 Å². The number of rotatable bonds is 2. The topological polar surface area (TPSA) is 71.8 Å². The van der Waals surface area contributed by atoms with Gasteiger partial charge in [-0.15, -0.1) is 0 Å². The monoisotopic (exact) mass is 274 g/mol. The summed E-state index contributed by atoms with van der Waals surface area (Å²) < 4.78 is 3.62. The lowest BCUT2D eigenvalue weighted by molar-refractivity contribution is 0.888. The summed E-state index contributed by atoms with van der Waals surface area (Å²) in [5.41, 5.74) is 2.56. The van der Waals surface area contributed by atoms with Crippen LogP contribution in [-0.4, -0.2) is 24.1 Å². The van der Waals surface area contributed by atoms with Gasteiger partial charge in [0.15, 0.2) is 5.65 Å². The Morgan fingerprint density at radius 1 is 1.10 bits per heavy atom. The first kappa shape index (κ1) is 11.6. The van der Waals surface area contributed by atoms with Crippen molar-refractivity contribution in [1.82, 2.24) is 24.1 Å². The molecule has 0 bridgehead atoms. The zero-order valence-corrected chi connectivity index (χ0v) is 11.0. The predicted octanol–water partition coefficient (Wildman–Crippen LogP) is 2.13. The Morgan fingerprint density at radius 2 is 2.00 bits per heavy atom. The summed E-state index contributed by atoms with van der Waals surface area (Å²) in [7, 11) is 0. The molecule has 6 heteroatoms. The molecule has 0 aliphatic rings. The average Bonchev–Trinajstić information content (AvgIpc) is 3.10. The van der Waals surface area contributed by atoms with Crippen LogP contribution in [0.1, 0.15) is 5.82 Å². The normalized spacial score (nSPS) is 11.0. The molecule has 4 aromatic rings. The Labute approximate surface area is 119 Å². The predicted molar refractivity (Wildman–Crippen MR) is 76.9 cm³/mol. The van der Waals surface area contributed by atoms with Crippen LogP contribution in [0.5, 0.6) is 0 Å². The number of imidazole rings is 1. The minimum absolute atomic E-state index is 0.237. The van der Waals surface area contributed by atoms with Crippen molar-refractivity contribution in [3.63, 3.8) is 0 Å². The van der Waals surface area contributed by atoms with Gasteiger partial charge in [0.25, 0.3) is 0 Å². The lowest BCUT2D eigenvalue weighted by atomic mass is 10.3. The molecule has 3 aromatic heterocycles. The number of para-hydroxylation sites is 2. The summed E-state index contributed by atoms with van der Waals surface area (Å²) in [6, 6.07) is 13.7. The molecule has 0 saturated carbocycles. The van der Waals surface area contributed by atoms with E-state index in [9.17, 15) is 0 Å². The van der Waals surface area contributed by atoms with Crippen LogP contribution in [0.15, 0.2) is 48.8 Å². The van der Waals surface area contributed by atoms with Gasteiger partial charge in [-0.2, -0.15) is 10.4 Å². The first-order chi connectivity index (χ1) is 10.4. The van der Waals surface area contributed by atoms with Crippen molar-refractivity contribution in [2.45, 2.75) is 6.42 Å². The summed E-state index contributed by atoms with van der Waals surface area (Å²) in [5, 5.41) is 13.2. The van der Waals surface area contributed by atoms with Crippen molar-refractivity contribution >= 4 is 16.7 Å². The molecule has 0 aliphatic heterocycles. The van der Waals surface area contributed by atoms with Gasteiger partial charge in [0, 0.05) is 12.3 Å². The Balaban J connectivity index is 2.03. The summed E-state index contributed by atoms with van der Waals surface area (Å²) >= 11 is 0. The van der Waals surface area contributed by atoms with E-state index in [4.69, 9.17) is 5.26 Å². The molecule has 4 rings (SSSR count). The van der Waals surface area contributed by atoms with Gasteiger partial charge < -0.3 is 0 Å². The molecule has 0 amide bonds. The minimum atomic E-state index is 0.237. The zero-order valence-electron chi connectivity index (χ0n) is 11.0. The number of aromatic nitrogens is 5. The molecule has 0 atom stereocenters. The Bertz CT molecular complexity index is 988. The number of nitrogens with zero attached hydrogens (tertiary/aromatic N) is 6. The highest BCUT2D eigenvalue weighted by molar-refractivity contribution is 5.78. The second-order valence-corrected chi connectivity index (χ2v) is 4.61. The van der Waals surface area contributed by atoms with E-state index >= 15 is 0 Å². The van der Waals surface area contributed by atoms with Crippen LogP contribution < -0.4 is 0 Å².